The van der Waals surface area contributed by atoms with Crippen LogP contribution in [0.25, 0.3) is 10.7 Å². The molecule has 5 nitrogen and oxygen atoms in total. The highest BCUT2D eigenvalue weighted by molar-refractivity contribution is 7.18. The lowest BCUT2D eigenvalue weighted by Crippen LogP contribution is -2.06. The summed E-state index contributed by atoms with van der Waals surface area (Å²) in [5, 5.41) is 17.3. The summed E-state index contributed by atoms with van der Waals surface area (Å²) in [6, 6.07) is 8.77. The molecule has 1 unspecified atom stereocenters. The van der Waals surface area contributed by atoms with Gasteiger partial charge in [-0.2, -0.15) is 0 Å². The predicted molar refractivity (Wildman–Crippen MR) is 81.3 cm³/mol. The fourth-order valence-electron chi connectivity index (χ4n) is 2.75. The number of fused-ring (bicyclic) bond motifs is 1. The standard InChI is InChI=1S/C15H14N4OS/c1-9-2-4-11-10(8-9)3-5-12(11)16-15-18-17-14(21-15)13-6-7-20-19-13/h2,4,6-8,12H,3,5H2,1H3,(H,16,18). The average Bonchev–Trinajstić information content (AvgIpc) is 3.19. The average molecular weight is 298 g/mol. The van der Waals surface area contributed by atoms with Crippen molar-refractivity contribution in [2.75, 3.05) is 5.32 Å². The molecule has 0 aliphatic heterocycles. The molecule has 0 saturated heterocycles. The van der Waals surface area contributed by atoms with Gasteiger partial charge in [-0.3, -0.25) is 0 Å². The van der Waals surface area contributed by atoms with Gasteiger partial charge in [-0.05, 0) is 30.9 Å². The van der Waals surface area contributed by atoms with Crippen molar-refractivity contribution in [3.8, 4) is 10.7 Å². The molecule has 1 aliphatic carbocycles. The maximum Gasteiger partial charge on any atom is 0.206 e. The fourth-order valence-corrected chi connectivity index (χ4v) is 3.51. The van der Waals surface area contributed by atoms with E-state index in [0.29, 0.717) is 6.04 Å². The molecule has 0 bridgehead atoms. The van der Waals surface area contributed by atoms with Crippen molar-refractivity contribution in [1.29, 1.82) is 0 Å². The number of nitrogens with one attached hydrogen (secondary N) is 1. The third-order valence-corrected chi connectivity index (χ3v) is 4.63. The Balaban J connectivity index is 1.56. The number of hydrogen-bond acceptors (Lipinski definition) is 6. The number of nitrogens with zero attached hydrogens (tertiary/aromatic N) is 3. The molecule has 0 radical (unpaired) electrons. The summed E-state index contributed by atoms with van der Waals surface area (Å²) in [5.41, 5.74) is 4.86. The van der Waals surface area contributed by atoms with E-state index in [1.54, 1.807) is 12.3 Å². The Morgan fingerprint density at radius 3 is 3.10 bits per heavy atom. The number of anilines is 1. The van der Waals surface area contributed by atoms with E-state index in [2.05, 4.69) is 45.8 Å². The molecule has 0 fully saturated rings. The molecule has 3 aromatic rings. The molecule has 1 atom stereocenters. The van der Waals surface area contributed by atoms with Gasteiger partial charge in [-0.15, -0.1) is 10.2 Å². The van der Waals surface area contributed by atoms with Gasteiger partial charge in [-0.25, -0.2) is 0 Å². The van der Waals surface area contributed by atoms with E-state index in [-0.39, 0.29) is 0 Å². The largest absolute Gasteiger partial charge is 0.364 e. The van der Waals surface area contributed by atoms with Gasteiger partial charge in [0.1, 0.15) is 12.0 Å². The number of hydrogen-bond donors (Lipinski definition) is 1. The monoisotopic (exact) mass is 298 g/mol. The molecule has 2 heterocycles. The minimum absolute atomic E-state index is 0.318. The first-order valence-corrected chi connectivity index (χ1v) is 7.71. The van der Waals surface area contributed by atoms with Gasteiger partial charge in [0.15, 0.2) is 5.01 Å². The van der Waals surface area contributed by atoms with Gasteiger partial charge in [0.2, 0.25) is 5.13 Å². The Labute approximate surface area is 126 Å². The van der Waals surface area contributed by atoms with Gasteiger partial charge in [0.25, 0.3) is 0 Å². The first-order valence-electron chi connectivity index (χ1n) is 6.90. The lowest BCUT2D eigenvalue weighted by molar-refractivity contribution is 0.422. The van der Waals surface area contributed by atoms with Gasteiger partial charge >= 0.3 is 0 Å². The smallest absolute Gasteiger partial charge is 0.206 e. The maximum atomic E-state index is 4.84. The number of aryl methyl sites for hydroxylation is 2. The van der Waals surface area contributed by atoms with Crippen LogP contribution in [0, 0.1) is 6.92 Å². The molecule has 2 aromatic heterocycles. The number of rotatable bonds is 3. The van der Waals surface area contributed by atoms with Gasteiger partial charge in [-0.1, -0.05) is 40.3 Å². The first kappa shape index (κ1) is 12.5. The minimum Gasteiger partial charge on any atom is -0.364 e. The van der Waals surface area contributed by atoms with Gasteiger partial charge in [0.05, 0.1) is 6.04 Å². The molecule has 21 heavy (non-hydrogen) atoms. The highest BCUT2D eigenvalue weighted by atomic mass is 32.1. The molecule has 0 amide bonds. The van der Waals surface area contributed by atoms with Crippen LogP contribution in [0.5, 0.6) is 0 Å². The molecular weight excluding hydrogens is 284 g/mol. The van der Waals surface area contributed by atoms with E-state index in [9.17, 15) is 0 Å². The topological polar surface area (TPSA) is 63.8 Å². The highest BCUT2D eigenvalue weighted by Crippen LogP contribution is 2.35. The SMILES string of the molecule is Cc1ccc2c(c1)CCC2Nc1nnc(-c2ccon2)s1. The first-order chi connectivity index (χ1) is 10.3. The minimum atomic E-state index is 0.318. The van der Waals surface area contributed by atoms with E-state index in [1.807, 2.05) is 0 Å². The van der Waals surface area contributed by atoms with Crippen LogP contribution < -0.4 is 5.32 Å². The molecule has 1 aromatic carbocycles. The van der Waals surface area contributed by atoms with Crippen LogP contribution >= 0.6 is 11.3 Å². The summed E-state index contributed by atoms with van der Waals surface area (Å²) in [7, 11) is 0. The summed E-state index contributed by atoms with van der Waals surface area (Å²) < 4.78 is 4.84. The summed E-state index contributed by atoms with van der Waals surface area (Å²) in [6.45, 7) is 2.13. The van der Waals surface area contributed by atoms with E-state index < -0.39 is 0 Å². The van der Waals surface area contributed by atoms with Gasteiger partial charge in [0, 0.05) is 6.07 Å². The third kappa shape index (κ3) is 2.31. The maximum absolute atomic E-state index is 4.84. The zero-order chi connectivity index (χ0) is 14.2. The zero-order valence-electron chi connectivity index (χ0n) is 11.5. The summed E-state index contributed by atoms with van der Waals surface area (Å²) in [5.74, 6) is 0. The van der Waals surface area contributed by atoms with Gasteiger partial charge < -0.3 is 9.84 Å². The van der Waals surface area contributed by atoms with Crippen molar-refractivity contribution < 1.29 is 4.52 Å². The van der Waals surface area contributed by atoms with E-state index in [0.717, 1.165) is 28.7 Å². The second-order valence-electron chi connectivity index (χ2n) is 5.23. The normalized spacial score (nSPS) is 16.9. The zero-order valence-corrected chi connectivity index (χ0v) is 12.4. The molecule has 0 saturated carbocycles. The Morgan fingerprint density at radius 1 is 1.29 bits per heavy atom. The molecular formula is C15H14N4OS. The van der Waals surface area contributed by atoms with Crippen molar-refractivity contribution in [2.45, 2.75) is 25.8 Å². The molecule has 6 heteroatoms. The summed E-state index contributed by atoms with van der Waals surface area (Å²) in [4.78, 5) is 0. The van der Waals surface area contributed by atoms with Crippen LogP contribution in [0.3, 0.4) is 0 Å². The lowest BCUT2D eigenvalue weighted by Gasteiger charge is -2.12. The second-order valence-corrected chi connectivity index (χ2v) is 6.21. The molecule has 1 N–H and O–H groups in total. The van der Waals surface area contributed by atoms with Crippen molar-refractivity contribution in [3.05, 3.63) is 47.2 Å². The molecule has 106 valence electrons. The van der Waals surface area contributed by atoms with E-state index in [1.165, 1.54) is 28.0 Å². The number of benzene rings is 1. The van der Waals surface area contributed by atoms with Crippen LogP contribution in [0.2, 0.25) is 0 Å². The number of aromatic nitrogens is 3. The Morgan fingerprint density at radius 2 is 2.24 bits per heavy atom. The van der Waals surface area contributed by atoms with Crippen molar-refractivity contribution in [3.63, 3.8) is 0 Å². The third-order valence-electron chi connectivity index (χ3n) is 3.76. The Hall–Kier alpha value is -2.21. The van der Waals surface area contributed by atoms with E-state index >= 15 is 0 Å². The Bertz CT molecular complexity index is 766. The molecule has 4 rings (SSSR count). The van der Waals surface area contributed by atoms with E-state index in [4.69, 9.17) is 4.52 Å². The lowest BCUT2D eigenvalue weighted by atomic mass is 10.1. The van der Waals surface area contributed by atoms with Crippen LogP contribution in [-0.4, -0.2) is 15.4 Å². The second kappa shape index (κ2) is 4.96. The molecule has 0 spiro atoms. The van der Waals surface area contributed by atoms with Crippen molar-refractivity contribution >= 4 is 16.5 Å². The quantitative estimate of drug-likeness (QED) is 0.800. The predicted octanol–water partition coefficient (Wildman–Crippen LogP) is 3.60. The molecule has 1 aliphatic rings. The van der Waals surface area contributed by atoms with Crippen molar-refractivity contribution in [2.24, 2.45) is 0 Å². The van der Waals surface area contributed by atoms with Crippen LogP contribution in [-0.2, 0) is 6.42 Å². The van der Waals surface area contributed by atoms with Crippen LogP contribution in [0.1, 0.15) is 29.2 Å². The van der Waals surface area contributed by atoms with Crippen molar-refractivity contribution in [1.82, 2.24) is 15.4 Å². The Kier molecular flexibility index (Phi) is 2.96. The summed E-state index contributed by atoms with van der Waals surface area (Å²) in [6.07, 6.45) is 3.75. The summed E-state index contributed by atoms with van der Waals surface area (Å²) >= 11 is 1.50. The van der Waals surface area contributed by atoms with Crippen LogP contribution in [0.4, 0.5) is 5.13 Å². The van der Waals surface area contributed by atoms with Crippen LogP contribution in [0.15, 0.2) is 35.1 Å². The fraction of sp³-hybridized carbons (Fsp3) is 0.267. The highest BCUT2D eigenvalue weighted by Gasteiger charge is 2.23.